The molecule has 1 aliphatic heterocycles. The highest BCUT2D eigenvalue weighted by Gasteiger charge is 2.38. The Morgan fingerprint density at radius 3 is 2.31 bits per heavy atom. The number of nitriles is 1. The van der Waals surface area contributed by atoms with Crippen LogP contribution < -0.4 is 5.14 Å². The van der Waals surface area contributed by atoms with Gasteiger partial charge in [-0.2, -0.15) is 5.26 Å². The molecule has 1 heterocycles. The van der Waals surface area contributed by atoms with E-state index in [1.807, 2.05) is 18.2 Å². The highest BCUT2D eigenvalue weighted by atomic mass is 32.2. The summed E-state index contributed by atoms with van der Waals surface area (Å²) in [5, 5.41) is 14.7. The van der Waals surface area contributed by atoms with Gasteiger partial charge in [0.1, 0.15) is 0 Å². The quantitative estimate of drug-likeness (QED) is 0.680. The van der Waals surface area contributed by atoms with Gasteiger partial charge in [-0.1, -0.05) is 31.4 Å². The molecule has 2 aromatic carbocycles. The standard InChI is InChI=1S/C23H22N4O3S2/c24-15-17-8-6-16(7-9-17)14-21-22(28)27(19-4-2-1-3-5-19)23(31-21)26-18-10-12-20(13-11-18)32(25,29)30/h6-14,19H,1-5H2,(H2,25,29,30). The molecule has 9 heteroatoms. The Morgan fingerprint density at radius 2 is 1.72 bits per heavy atom. The van der Waals surface area contributed by atoms with Crippen molar-refractivity contribution in [2.24, 2.45) is 10.1 Å². The molecule has 0 unspecified atom stereocenters. The molecule has 2 fully saturated rings. The summed E-state index contributed by atoms with van der Waals surface area (Å²) in [7, 11) is -3.78. The van der Waals surface area contributed by atoms with Gasteiger partial charge in [0.2, 0.25) is 10.0 Å². The Kier molecular flexibility index (Phi) is 6.46. The minimum absolute atomic E-state index is 0.0159. The molecule has 0 aromatic heterocycles. The van der Waals surface area contributed by atoms with Crippen LogP contribution in [0.4, 0.5) is 5.69 Å². The molecule has 2 N–H and O–H groups in total. The van der Waals surface area contributed by atoms with Crippen molar-refractivity contribution in [3.05, 3.63) is 64.6 Å². The first-order valence-corrected chi connectivity index (χ1v) is 12.7. The molecule has 7 nitrogen and oxygen atoms in total. The minimum atomic E-state index is -3.78. The number of rotatable bonds is 4. The van der Waals surface area contributed by atoms with Crippen LogP contribution in [-0.4, -0.2) is 30.4 Å². The van der Waals surface area contributed by atoms with Crippen molar-refractivity contribution in [3.8, 4) is 6.07 Å². The van der Waals surface area contributed by atoms with Crippen LogP contribution in [-0.2, 0) is 14.8 Å². The largest absolute Gasteiger partial charge is 0.283 e. The van der Waals surface area contributed by atoms with Crippen molar-refractivity contribution < 1.29 is 13.2 Å². The summed E-state index contributed by atoms with van der Waals surface area (Å²) in [6.07, 6.45) is 6.99. The number of carbonyl (C=O) groups is 1. The van der Waals surface area contributed by atoms with E-state index in [1.165, 1.54) is 30.3 Å². The summed E-state index contributed by atoms with van der Waals surface area (Å²) >= 11 is 1.31. The smallest absolute Gasteiger partial charge is 0.267 e. The maximum Gasteiger partial charge on any atom is 0.267 e. The number of carbonyl (C=O) groups excluding carboxylic acids is 1. The van der Waals surface area contributed by atoms with E-state index in [9.17, 15) is 13.2 Å². The van der Waals surface area contributed by atoms with Crippen LogP contribution >= 0.6 is 11.8 Å². The molecule has 1 saturated heterocycles. The molecule has 4 rings (SSSR count). The molecule has 2 aliphatic rings. The van der Waals surface area contributed by atoms with Crippen molar-refractivity contribution in [2.75, 3.05) is 0 Å². The van der Waals surface area contributed by atoms with Crippen molar-refractivity contribution in [3.63, 3.8) is 0 Å². The van der Waals surface area contributed by atoms with Gasteiger partial charge < -0.3 is 0 Å². The maximum absolute atomic E-state index is 13.3. The third-order valence-corrected chi connectivity index (χ3v) is 7.42. The molecule has 0 atom stereocenters. The number of sulfonamides is 1. The predicted molar refractivity (Wildman–Crippen MR) is 125 cm³/mol. The van der Waals surface area contributed by atoms with E-state index in [2.05, 4.69) is 11.1 Å². The first-order chi connectivity index (χ1) is 15.3. The molecule has 2 aromatic rings. The van der Waals surface area contributed by atoms with Crippen LogP contribution in [0, 0.1) is 11.3 Å². The number of nitrogens with zero attached hydrogens (tertiary/aromatic N) is 3. The summed E-state index contributed by atoms with van der Waals surface area (Å²) in [4.78, 5) is 20.4. The molecule has 32 heavy (non-hydrogen) atoms. The van der Waals surface area contributed by atoms with Gasteiger partial charge in [-0.15, -0.1) is 0 Å². The molecule has 0 spiro atoms. The number of benzene rings is 2. The first-order valence-electron chi connectivity index (χ1n) is 10.3. The summed E-state index contributed by atoms with van der Waals surface area (Å²) < 4.78 is 23.0. The number of amides is 1. The predicted octanol–water partition coefficient (Wildman–Crippen LogP) is 4.14. The van der Waals surface area contributed by atoms with E-state index in [0.29, 0.717) is 21.3 Å². The van der Waals surface area contributed by atoms with E-state index >= 15 is 0 Å². The monoisotopic (exact) mass is 466 g/mol. The third kappa shape index (κ3) is 4.93. The summed E-state index contributed by atoms with van der Waals surface area (Å²) in [5.41, 5.74) is 1.95. The van der Waals surface area contributed by atoms with E-state index in [4.69, 9.17) is 10.4 Å². The van der Waals surface area contributed by atoms with E-state index in [0.717, 1.165) is 31.2 Å². The minimum Gasteiger partial charge on any atom is -0.283 e. The van der Waals surface area contributed by atoms with Gasteiger partial charge in [0, 0.05) is 6.04 Å². The Bertz CT molecular complexity index is 1220. The Labute approximate surface area is 191 Å². The molecule has 1 amide bonds. The number of thioether (sulfide) groups is 1. The molecule has 164 valence electrons. The summed E-state index contributed by atoms with van der Waals surface area (Å²) in [5.74, 6) is -0.0776. The second-order valence-electron chi connectivity index (χ2n) is 7.74. The highest BCUT2D eigenvalue weighted by Crippen LogP contribution is 2.38. The molecular weight excluding hydrogens is 444 g/mol. The Morgan fingerprint density at radius 1 is 1.06 bits per heavy atom. The molecule has 1 saturated carbocycles. The SMILES string of the molecule is N#Cc1ccc(C=C2SC(=Nc3ccc(S(N)(=O)=O)cc3)N(C3CCCCC3)C2=O)cc1. The second-order valence-corrected chi connectivity index (χ2v) is 10.3. The van der Waals surface area contributed by atoms with Crippen LogP contribution in [0.3, 0.4) is 0 Å². The van der Waals surface area contributed by atoms with Gasteiger partial charge in [-0.25, -0.2) is 18.5 Å². The number of primary sulfonamides is 1. The van der Waals surface area contributed by atoms with Crippen molar-refractivity contribution in [2.45, 2.75) is 43.0 Å². The molecule has 0 radical (unpaired) electrons. The lowest BCUT2D eigenvalue weighted by Crippen LogP contribution is -2.40. The number of hydrogen-bond acceptors (Lipinski definition) is 6. The zero-order valence-corrected chi connectivity index (χ0v) is 18.9. The Hall–Kier alpha value is -2.93. The highest BCUT2D eigenvalue weighted by molar-refractivity contribution is 8.18. The lowest BCUT2D eigenvalue weighted by atomic mass is 9.94. The van der Waals surface area contributed by atoms with Gasteiger partial charge in [0.05, 0.1) is 27.1 Å². The van der Waals surface area contributed by atoms with E-state index < -0.39 is 10.0 Å². The molecule has 0 bridgehead atoms. The lowest BCUT2D eigenvalue weighted by molar-refractivity contribution is -0.124. The van der Waals surface area contributed by atoms with Crippen LogP contribution in [0.25, 0.3) is 6.08 Å². The van der Waals surface area contributed by atoms with Crippen molar-refractivity contribution in [1.82, 2.24) is 4.90 Å². The lowest BCUT2D eigenvalue weighted by Gasteiger charge is -2.30. The van der Waals surface area contributed by atoms with Gasteiger partial charge in [-0.3, -0.25) is 9.69 Å². The first kappa shape index (κ1) is 22.3. The summed E-state index contributed by atoms with van der Waals surface area (Å²) in [6.45, 7) is 0. The summed E-state index contributed by atoms with van der Waals surface area (Å²) in [6, 6.07) is 15.2. The van der Waals surface area contributed by atoms with Gasteiger partial charge >= 0.3 is 0 Å². The maximum atomic E-state index is 13.3. The van der Waals surface area contributed by atoms with E-state index in [-0.39, 0.29) is 16.8 Å². The van der Waals surface area contributed by atoms with Gasteiger partial charge in [0.25, 0.3) is 5.91 Å². The van der Waals surface area contributed by atoms with Crippen molar-refractivity contribution in [1.29, 1.82) is 5.26 Å². The normalized spacial score (nSPS) is 20.1. The Balaban J connectivity index is 1.68. The van der Waals surface area contributed by atoms with Crippen LogP contribution in [0.2, 0.25) is 0 Å². The average molecular weight is 467 g/mol. The third-order valence-electron chi connectivity index (χ3n) is 5.50. The number of hydrogen-bond donors (Lipinski definition) is 1. The number of aliphatic imine (C=N–C) groups is 1. The average Bonchev–Trinajstić information content (AvgIpc) is 3.09. The zero-order chi connectivity index (χ0) is 22.7. The van der Waals surface area contributed by atoms with Crippen molar-refractivity contribution >= 4 is 44.6 Å². The van der Waals surface area contributed by atoms with Gasteiger partial charge in [-0.05, 0) is 72.6 Å². The number of nitrogens with two attached hydrogens (primary N) is 1. The fourth-order valence-electron chi connectivity index (χ4n) is 3.85. The van der Waals surface area contributed by atoms with Gasteiger partial charge in [0.15, 0.2) is 5.17 Å². The number of amidine groups is 1. The van der Waals surface area contributed by atoms with Crippen LogP contribution in [0.15, 0.2) is 63.3 Å². The molecular formula is C23H22N4O3S2. The fraction of sp³-hybridized carbons (Fsp3) is 0.261. The van der Waals surface area contributed by atoms with E-state index in [1.54, 1.807) is 29.2 Å². The zero-order valence-electron chi connectivity index (χ0n) is 17.3. The second kappa shape index (κ2) is 9.28. The van der Waals surface area contributed by atoms with Crippen LogP contribution in [0.5, 0.6) is 0 Å². The topological polar surface area (TPSA) is 117 Å². The molecule has 1 aliphatic carbocycles. The van der Waals surface area contributed by atoms with Crippen LogP contribution in [0.1, 0.15) is 43.2 Å². The fourth-order valence-corrected chi connectivity index (χ4v) is 5.43.